The Hall–Kier alpha value is -3.37. The molecule has 0 saturated carbocycles. The number of carbonyl (C=O) groups excluding carboxylic acids is 3. The third kappa shape index (κ3) is 6.45. The molecule has 2 aromatic heterocycles. The average molecular weight is 542 g/mol. The number of hydrogen-bond acceptors (Lipinski definition) is 6. The zero-order valence-corrected chi connectivity index (χ0v) is 24.0. The largest absolute Gasteiger partial charge is 0.453 e. The van der Waals surface area contributed by atoms with Crippen LogP contribution in [0.5, 0.6) is 0 Å². The van der Waals surface area contributed by atoms with Gasteiger partial charge in [-0.2, -0.15) is 0 Å². The van der Waals surface area contributed by atoms with Crippen LogP contribution in [0, 0.1) is 17.8 Å². The van der Waals surface area contributed by atoms with E-state index in [9.17, 15) is 14.4 Å². The van der Waals surface area contributed by atoms with Gasteiger partial charge in [0.2, 0.25) is 11.8 Å². The van der Waals surface area contributed by atoms with Gasteiger partial charge in [0.05, 0.1) is 18.8 Å². The lowest BCUT2D eigenvalue weighted by atomic mass is 9.96. The summed E-state index contributed by atoms with van der Waals surface area (Å²) >= 11 is 0. The summed E-state index contributed by atoms with van der Waals surface area (Å²) in [7, 11) is 1.29. The number of alkyl carbamates (subject to hydrolysis) is 1. The molecule has 0 spiro atoms. The van der Waals surface area contributed by atoms with Gasteiger partial charge in [0.25, 0.3) is 0 Å². The van der Waals surface area contributed by atoms with Crippen LogP contribution in [0.2, 0.25) is 0 Å². The number of aromatic nitrogens is 4. The van der Waals surface area contributed by atoms with Gasteiger partial charge in [0.15, 0.2) is 0 Å². The smallest absolute Gasteiger partial charge is 0.407 e. The highest BCUT2D eigenvalue weighted by atomic mass is 16.5. The summed E-state index contributed by atoms with van der Waals surface area (Å²) in [5.74, 6) is 2.14. The third-order valence-corrected chi connectivity index (χ3v) is 8.22. The van der Waals surface area contributed by atoms with Crippen LogP contribution in [0.1, 0.15) is 88.9 Å². The minimum atomic E-state index is -0.623. The van der Waals surface area contributed by atoms with Crippen molar-refractivity contribution < 1.29 is 19.1 Å². The molecule has 11 heteroatoms. The summed E-state index contributed by atoms with van der Waals surface area (Å²) in [6.07, 6.45) is 6.42. The summed E-state index contributed by atoms with van der Waals surface area (Å²) < 4.78 is 4.69. The lowest BCUT2D eigenvalue weighted by molar-refractivity contribution is -0.137. The number of ether oxygens (including phenoxy) is 1. The monoisotopic (exact) mass is 541 g/mol. The Morgan fingerprint density at radius 2 is 1.87 bits per heavy atom. The molecule has 2 aliphatic rings. The Bertz CT molecular complexity index is 1160. The van der Waals surface area contributed by atoms with E-state index in [2.05, 4.69) is 34.1 Å². The SMILES string of the molecule is COC(=O)N[C@H](C(=O)N1CC[C@H](c2cnc(Cc3c[nH]c([C@@H]4CCCN4C(=O)[C@@H](C)C(C)C)n3)[nH]2)C1)C(C)C. The van der Waals surface area contributed by atoms with E-state index in [-0.39, 0.29) is 35.6 Å². The Kier molecular flexibility index (Phi) is 8.97. The third-order valence-electron chi connectivity index (χ3n) is 8.22. The minimum absolute atomic E-state index is 0.00930. The number of hydrogen-bond donors (Lipinski definition) is 3. The standard InChI is InChI=1S/C28H43N7O4/c1-16(2)18(5)26(36)35-10-7-8-22(35)25-30-13-20(31-25)12-23-29-14-21(32-23)19-9-11-34(15-19)27(37)24(17(3)4)33-28(38)39-6/h13-14,16-19,22,24H,7-12,15H2,1-6H3,(H,29,32)(H,30,31)(H,33,38)/t18-,19-,22-,24-/m0/s1. The van der Waals surface area contributed by atoms with Crippen molar-refractivity contribution in [3.05, 3.63) is 35.4 Å². The van der Waals surface area contributed by atoms with Crippen molar-refractivity contribution in [1.82, 2.24) is 35.1 Å². The van der Waals surface area contributed by atoms with Crippen LogP contribution in [0.25, 0.3) is 0 Å². The summed E-state index contributed by atoms with van der Waals surface area (Å²) in [6.45, 7) is 12.0. The summed E-state index contributed by atoms with van der Waals surface area (Å²) in [5.41, 5.74) is 1.87. The summed E-state index contributed by atoms with van der Waals surface area (Å²) in [6, 6.07) is -0.632. The first-order chi connectivity index (χ1) is 18.6. The molecule has 0 aliphatic carbocycles. The van der Waals surface area contributed by atoms with E-state index in [1.165, 1.54) is 7.11 Å². The molecule has 2 saturated heterocycles. The first kappa shape index (κ1) is 28.6. The quantitative estimate of drug-likeness (QED) is 0.445. The van der Waals surface area contributed by atoms with Crippen LogP contribution >= 0.6 is 0 Å². The van der Waals surface area contributed by atoms with Crippen LogP contribution in [0.4, 0.5) is 4.79 Å². The second-order valence-electron chi connectivity index (χ2n) is 11.6. The van der Waals surface area contributed by atoms with Gasteiger partial charge >= 0.3 is 6.09 Å². The van der Waals surface area contributed by atoms with Gasteiger partial charge in [-0.05, 0) is 31.1 Å². The molecule has 3 N–H and O–H groups in total. The molecule has 2 aliphatic heterocycles. The molecule has 4 heterocycles. The Morgan fingerprint density at radius 3 is 2.56 bits per heavy atom. The van der Waals surface area contributed by atoms with Crippen LogP contribution < -0.4 is 5.32 Å². The number of carbonyl (C=O) groups is 3. The second-order valence-corrected chi connectivity index (χ2v) is 11.6. The van der Waals surface area contributed by atoms with E-state index >= 15 is 0 Å². The Labute approximate surface area is 230 Å². The van der Waals surface area contributed by atoms with Gasteiger partial charge in [-0.1, -0.05) is 34.6 Å². The normalized spacial score (nSPS) is 21.0. The highest BCUT2D eigenvalue weighted by molar-refractivity contribution is 5.86. The van der Waals surface area contributed by atoms with Crippen molar-refractivity contribution in [2.75, 3.05) is 26.7 Å². The van der Waals surface area contributed by atoms with E-state index in [0.29, 0.717) is 25.4 Å². The highest BCUT2D eigenvalue weighted by Gasteiger charge is 2.36. The maximum atomic E-state index is 13.1. The molecule has 0 aromatic carbocycles. The van der Waals surface area contributed by atoms with Crippen LogP contribution in [0.3, 0.4) is 0 Å². The van der Waals surface area contributed by atoms with E-state index < -0.39 is 12.1 Å². The van der Waals surface area contributed by atoms with E-state index in [4.69, 9.17) is 9.72 Å². The number of amides is 3. The fraction of sp³-hybridized carbons (Fsp3) is 0.679. The highest BCUT2D eigenvalue weighted by Crippen LogP contribution is 2.33. The lowest BCUT2D eigenvalue weighted by Gasteiger charge is -2.27. The molecular weight excluding hydrogens is 498 g/mol. The average Bonchev–Trinajstić information content (AvgIpc) is 3.71. The number of imidazole rings is 2. The van der Waals surface area contributed by atoms with Crippen molar-refractivity contribution in [2.45, 2.75) is 78.3 Å². The molecule has 2 fully saturated rings. The molecule has 2 aromatic rings. The molecule has 214 valence electrons. The fourth-order valence-corrected chi connectivity index (χ4v) is 5.46. The van der Waals surface area contributed by atoms with E-state index in [1.54, 1.807) is 4.90 Å². The number of methoxy groups -OCH3 is 1. The zero-order chi connectivity index (χ0) is 28.3. The molecule has 0 unspecified atom stereocenters. The minimum Gasteiger partial charge on any atom is -0.453 e. The topological polar surface area (TPSA) is 136 Å². The van der Waals surface area contributed by atoms with Crippen molar-refractivity contribution in [2.24, 2.45) is 17.8 Å². The number of likely N-dealkylation sites (tertiary alicyclic amines) is 2. The fourth-order valence-electron chi connectivity index (χ4n) is 5.46. The van der Waals surface area contributed by atoms with Gasteiger partial charge in [0, 0.05) is 56.0 Å². The number of nitrogens with zero attached hydrogens (tertiary/aromatic N) is 4. The Balaban J connectivity index is 1.36. The lowest BCUT2D eigenvalue weighted by Crippen LogP contribution is -2.50. The molecule has 0 bridgehead atoms. The summed E-state index contributed by atoms with van der Waals surface area (Å²) in [5, 5.41) is 2.67. The van der Waals surface area contributed by atoms with Gasteiger partial charge in [-0.3, -0.25) is 9.59 Å². The maximum absolute atomic E-state index is 13.1. The van der Waals surface area contributed by atoms with Crippen LogP contribution in [-0.4, -0.2) is 80.4 Å². The van der Waals surface area contributed by atoms with Gasteiger partial charge in [-0.25, -0.2) is 14.8 Å². The Morgan fingerprint density at radius 1 is 1.10 bits per heavy atom. The van der Waals surface area contributed by atoms with Gasteiger partial charge < -0.3 is 29.8 Å². The predicted molar refractivity (Wildman–Crippen MR) is 146 cm³/mol. The number of rotatable bonds is 9. The molecule has 0 radical (unpaired) electrons. The van der Waals surface area contributed by atoms with Gasteiger partial charge in [-0.15, -0.1) is 0 Å². The second kappa shape index (κ2) is 12.2. The van der Waals surface area contributed by atoms with Gasteiger partial charge in [0.1, 0.15) is 17.7 Å². The van der Waals surface area contributed by atoms with E-state index in [1.807, 2.05) is 38.1 Å². The van der Waals surface area contributed by atoms with Crippen molar-refractivity contribution >= 4 is 17.9 Å². The molecule has 4 atom stereocenters. The molecular formula is C28H43N7O4. The molecule has 4 rings (SSSR count). The number of aromatic amines is 2. The van der Waals surface area contributed by atoms with Crippen molar-refractivity contribution in [3.8, 4) is 0 Å². The molecule has 11 nitrogen and oxygen atoms in total. The first-order valence-electron chi connectivity index (χ1n) is 14.1. The van der Waals surface area contributed by atoms with E-state index in [0.717, 1.165) is 48.8 Å². The van der Waals surface area contributed by atoms with Crippen LogP contribution in [0.15, 0.2) is 12.4 Å². The molecule has 39 heavy (non-hydrogen) atoms. The van der Waals surface area contributed by atoms with Crippen molar-refractivity contribution in [1.29, 1.82) is 0 Å². The predicted octanol–water partition coefficient (Wildman–Crippen LogP) is 3.38. The molecule has 3 amide bonds. The van der Waals surface area contributed by atoms with Crippen LogP contribution in [-0.2, 0) is 20.7 Å². The first-order valence-corrected chi connectivity index (χ1v) is 14.1. The number of H-pyrrole nitrogens is 2. The zero-order valence-electron chi connectivity index (χ0n) is 24.0. The maximum Gasteiger partial charge on any atom is 0.407 e. The summed E-state index contributed by atoms with van der Waals surface area (Å²) in [4.78, 5) is 57.8. The number of nitrogens with one attached hydrogen (secondary N) is 3. The van der Waals surface area contributed by atoms with Crippen molar-refractivity contribution in [3.63, 3.8) is 0 Å².